The van der Waals surface area contributed by atoms with E-state index in [-0.39, 0.29) is 30.5 Å². The van der Waals surface area contributed by atoms with Gasteiger partial charge in [0.2, 0.25) is 0 Å². The molecule has 5 rings (SSSR count). The summed E-state index contributed by atoms with van der Waals surface area (Å²) < 4.78 is 7.13. The van der Waals surface area contributed by atoms with Gasteiger partial charge in [-0.3, -0.25) is 23.9 Å². The van der Waals surface area contributed by atoms with Crippen LogP contribution in [0.3, 0.4) is 0 Å². The molecule has 0 saturated carbocycles. The van der Waals surface area contributed by atoms with E-state index in [9.17, 15) is 19.2 Å². The SMILES string of the molecule is O=C(OCCCN1C(=O)c2ccccc2C1=O)c1ccc2c(=O)n3c(nc2c1)CCCCCC3. The van der Waals surface area contributed by atoms with Gasteiger partial charge in [0, 0.05) is 19.5 Å². The highest BCUT2D eigenvalue weighted by Gasteiger charge is 2.34. The Labute approximate surface area is 196 Å². The minimum Gasteiger partial charge on any atom is -0.462 e. The van der Waals surface area contributed by atoms with Crippen molar-refractivity contribution in [3.63, 3.8) is 0 Å². The number of imide groups is 1. The van der Waals surface area contributed by atoms with E-state index in [1.165, 1.54) is 4.90 Å². The van der Waals surface area contributed by atoms with Gasteiger partial charge in [-0.2, -0.15) is 0 Å². The zero-order valence-electron chi connectivity index (χ0n) is 18.8. The van der Waals surface area contributed by atoms with Crippen LogP contribution < -0.4 is 5.56 Å². The number of ether oxygens (including phenoxy) is 1. The summed E-state index contributed by atoms with van der Waals surface area (Å²) in [5.41, 5.74) is 1.55. The van der Waals surface area contributed by atoms with Crippen LogP contribution in [0.1, 0.15) is 69.0 Å². The molecular formula is C26H25N3O5. The van der Waals surface area contributed by atoms with E-state index in [1.54, 1.807) is 47.0 Å². The molecule has 34 heavy (non-hydrogen) atoms. The number of hydrogen-bond donors (Lipinski definition) is 0. The second-order valence-corrected chi connectivity index (χ2v) is 8.68. The molecule has 2 aliphatic rings. The summed E-state index contributed by atoms with van der Waals surface area (Å²) in [6.07, 6.45) is 5.27. The third-order valence-corrected chi connectivity index (χ3v) is 6.44. The highest BCUT2D eigenvalue weighted by Crippen LogP contribution is 2.22. The van der Waals surface area contributed by atoms with Gasteiger partial charge in [0.1, 0.15) is 5.82 Å². The first-order chi connectivity index (χ1) is 16.5. The van der Waals surface area contributed by atoms with Gasteiger partial charge in [0.15, 0.2) is 0 Å². The molecule has 1 aromatic heterocycles. The van der Waals surface area contributed by atoms with Crippen molar-refractivity contribution in [3.8, 4) is 0 Å². The minimum absolute atomic E-state index is 0.0601. The predicted molar refractivity (Wildman–Crippen MR) is 125 cm³/mol. The number of aromatic nitrogens is 2. The molecule has 174 valence electrons. The lowest BCUT2D eigenvalue weighted by Gasteiger charge is -2.16. The Balaban J connectivity index is 1.24. The molecule has 0 bridgehead atoms. The van der Waals surface area contributed by atoms with Crippen molar-refractivity contribution in [2.75, 3.05) is 13.2 Å². The predicted octanol–water partition coefficient (Wildman–Crippen LogP) is 3.36. The maximum Gasteiger partial charge on any atom is 0.338 e. The van der Waals surface area contributed by atoms with Crippen molar-refractivity contribution in [2.45, 2.75) is 45.1 Å². The first-order valence-electron chi connectivity index (χ1n) is 11.7. The second-order valence-electron chi connectivity index (χ2n) is 8.68. The number of carbonyl (C=O) groups is 3. The smallest absolute Gasteiger partial charge is 0.338 e. The lowest BCUT2D eigenvalue weighted by atomic mass is 10.1. The molecule has 0 saturated heterocycles. The monoisotopic (exact) mass is 459 g/mol. The summed E-state index contributed by atoms with van der Waals surface area (Å²) in [5.74, 6) is -0.413. The van der Waals surface area contributed by atoms with Gasteiger partial charge in [-0.05, 0) is 49.6 Å². The fraction of sp³-hybridized carbons (Fsp3) is 0.346. The number of esters is 1. The number of amides is 2. The standard InChI is InChI=1S/C26H25N3O5/c30-23-18-8-4-5-9-19(18)24(31)29(23)14-7-15-34-26(33)17-11-12-20-21(16-17)27-22-10-3-1-2-6-13-28(22)25(20)32/h4-5,8-9,11-12,16H,1-3,6-7,10,13-15H2. The van der Waals surface area contributed by atoms with Crippen LogP contribution in [0.15, 0.2) is 47.3 Å². The number of hydrogen-bond acceptors (Lipinski definition) is 6. The van der Waals surface area contributed by atoms with E-state index in [2.05, 4.69) is 4.98 Å². The Morgan fingerprint density at radius 1 is 0.941 bits per heavy atom. The topological polar surface area (TPSA) is 98.6 Å². The van der Waals surface area contributed by atoms with Crippen LogP contribution in [0.4, 0.5) is 0 Å². The lowest BCUT2D eigenvalue weighted by molar-refractivity contribution is 0.0482. The summed E-state index contributed by atoms with van der Waals surface area (Å²) >= 11 is 0. The molecular weight excluding hydrogens is 434 g/mol. The maximum atomic E-state index is 12.9. The number of benzene rings is 2. The highest BCUT2D eigenvalue weighted by molar-refractivity contribution is 6.21. The maximum absolute atomic E-state index is 12.9. The Morgan fingerprint density at radius 2 is 1.68 bits per heavy atom. The van der Waals surface area contributed by atoms with Crippen LogP contribution in [0.25, 0.3) is 10.9 Å². The van der Waals surface area contributed by atoms with E-state index in [1.807, 2.05) is 0 Å². The molecule has 0 aliphatic carbocycles. The summed E-state index contributed by atoms with van der Waals surface area (Å²) in [5, 5.41) is 0.492. The third kappa shape index (κ3) is 4.00. The number of aryl methyl sites for hydroxylation is 1. The van der Waals surface area contributed by atoms with Crippen LogP contribution >= 0.6 is 0 Å². The Kier molecular flexibility index (Phi) is 5.96. The molecule has 0 atom stereocenters. The molecule has 0 N–H and O–H groups in total. The van der Waals surface area contributed by atoms with Crippen LogP contribution in [-0.4, -0.2) is 45.4 Å². The van der Waals surface area contributed by atoms with Gasteiger partial charge in [-0.15, -0.1) is 0 Å². The Bertz CT molecular complexity index is 1330. The van der Waals surface area contributed by atoms with Crippen LogP contribution in [0.2, 0.25) is 0 Å². The van der Waals surface area contributed by atoms with E-state index >= 15 is 0 Å². The zero-order valence-corrected chi connectivity index (χ0v) is 18.8. The van der Waals surface area contributed by atoms with Crippen molar-refractivity contribution in [2.24, 2.45) is 0 Å². The van der Waals surface area contributed by atoms with Gasteiger partial charge in [0.05, 0.1) is 34.2 Å². The van der Waals surface area contributed by atoms with Gasteiger partial charge in [0.25, 0.3) is 17.4 Å². The molecule has 8 nitrogen and oxygen atoms in total. The molecule has 2 aromatic carbocycles. The molecule has 0 fully saturated rings. The van der Waals surface area contributed by atoms with Crippen LogP contribution in [-0.2, 0) is 17.7 Å². The van der Waals surface area contributed by atoms with Crippen LogP contribution in [0, 0.1) is 0 Å². The van der Waals surface area contributed by atoms with E-state index in [0.29, 0.717) is 40.6 Å². The highest BCUT2D eigenvalue weighted by atomic mass is 16.5. The average molecular weight is 460 g/mol. The zero-order chi connectivity index (χ0) is 23.7. The molecule has 8 heteroatoms. The first-order valence-corrected chi connectivity index (χ1v) is 11.7. The van der Waals surface area contributed by atoms with Crippen molar-refractivity contribution in [1.29, 1.82) is 0 Å². The van der Waals surface area contributed by atoms with Gasteiger partial charge in [-0.1, -0.05) is 25.0 Å². The molecule has 3 aromatic rings. The fourth-order valence-corrected chi connectivity index (χ4v) is 4.64. The van der Waals surface area contributed by atoms with Crippen LogP contribution in [0.5, 0.6) is 0 Å². The average Bonchev–Trinajstić information content (AvgIpc) is 3.07. The summed E-state index contributed by atoms with van der Waals surface area (Å²) in [4.78, 5) is 56.2. The Hall–Kier alpha value is -3.81. The normalized spacial score (nSPS) is 15.6. The van der Waals surface area contributed by atoms with Crippen molar-refractivity contribution < 1.29 is 19.1 Å². The number of rotatable bonds is 5. The largest absolute Gasteiger partial charge is 0.462 e. The molecule has 0 radical (unpaired) electrons. The van der Waals surface area contributed by atoms with E-state index in [4.69, 9.17) is 4.74 Å². The summed E-state index contributed by atoms with van der Waals surface area (Å²) in [7, 11) is 0. The summed E-state index contributed by atoms with van der Waals surface area (Å²) in [6, 6.07) is 11.5. The molecule has 0 unspecified atom stereocenters. The van der Waals surface area contributed by atoms with Crippen molar-refractivity contribution in [1.82, 2.24) is 14.5 Å². The molecule has 2 aliphatic heterocycles. The number of carbonyl (C=O) groups excluding carboxylic acids is 3. The van der Waals surface area contributed by atoms with Gasteiger partial charge in [-0.25, -0.2) is 9.78 Å². The quantitative estimate of drug-likeness (QED) is 0.330. The first kappa shape index (κ1) is 22.0. The molecule has 0 spiro atoms. The summed E-state index contributed by atoms with van der Waals surface area (Å²) in [6.45, 7) is 0.903. The lowest BCUT2D eigenvalue weighted by Crippen LogP contribution is -2.31. The van der Waals surface area contributed by atoms with Gasteiger partial charge >= 0.3 is 5.97 Å². The van der Waals surface area contributed by atoms with E-state index in [0.717, 1.165) is 37.9 Å². The fourth-order valence-electron chi connectivity index (χ4n) is 4.64. The van der Waals surface area contributed by atoms with Crippen molar-refractivity contribution in [3.05, 3.63) is 75.3 Å². The molecule has 3 heterocycles. The van der Waals surface area contributed by atoms with Crippen molar-refractivity contribution >= 4 is 28.7 Å². The minimum atomic E-state index is -0.530. The molecule has 2 amide bonds. The Morgan fingerprint density at radius 3 is 2.44 bits per heavy atom. The van der Waals surface area contributed by atoms with Gasteiger partial charge < -0.3 is 4.74 Å². The number of nitrogens with zero attached hydrogens (tertiary/aromatic N) is 3. The third-order valence-electron chi connectivity index (χ3n) is 6.44. The second kappa shape index (κ2) is 9.21. The van der Waals surface area contributed by atoms with E-state index < -0.39 is 5.97 Å². The number of fused-ring (bicyclic) bond motifs is 3.